The van der Waals surface area contributed by atoms with Crippen molar-refractivity contribution in [3.05, 3.63) is 46.1 Å². The van der Waals surface area contributed by atoms with Crippen molar-refractivity contribution in [2.24, 2.45) is 0 Å². The maximum absolute atomic E-state index is 12.6. The lowest BCUT2D eigenvalue weighted by Gasteiger charge is -2.09. The van der Waals surface area contributed by atoms with Crippen LogP contribution in [0.15, 0.2) is 24.7 Å². The van der Waals surface area contributed by atoms with Gasteiger partial charge in [0.15, 0.2) is 0 Å². The summed E-state index contributed by atoms with van der Waals surface area (Å²) in [5, 5.41) is 3.25. The minimum atomic E-state index is -2.74. The van der Waals surface area contributed by atoms with Crippen molar-refractivity contribution >= 4 is 29.0 Å². The van der Waals surface area contributed by atoms with Crippen LogP contribution < -0.4 is 5.32 Å². The van der Waals surface area contributed by atoms with Crippen LogP contribution in [0.1, 0.15) is 17.8 Å². The van der Waals surface area contributed by atoms with Gasteiger partial charge in [0.2, 0.25) is 0 Å². The number of pyridine rings is 1. The van der Waals surface area contributed by atoms with Gasteiger partial charge in [-0.25, -0.2) is 18.7 Å². The Bertz CT molecular complexity index is 595. The summed E-state index contributed by atoms with van der Waals surface area (Å²) < 4.78 is 25.2. The molecule has 0 bridgehead atoms. The van der Waals surface area contributed by atoms with Gasteiger partial charge in [0.05, 0.1) is 10.7 Å². The standard InChI is InChI=1S/C12H10Cl2F2N4/c13-7-2-1-4-17-8(7)3-5-18-12-9(14)10(11(15)16)19-6-20-12/h1-2,4,6,11H,3,5H2,(H,18,19,20). The summed E-state index contributed by atoms with van der Waals surface area (Å²) in [6, 6.07) is 3.46. The van der Waals surface area contributed by atoms with E-state index in [-0.39, 0.29) is 10.8 Å². The molecule has 0 aliphatic carbocycles. The third kappa shape index (κ3) is 3.52. The number of hydrogen-bond donors (Lipinski definition) is 1. The Hall–Kier alpha value is -1.53. The van der Waals surface area contributed by atoms with Gasteiger partial charge >= 0.3 is 0 Å². The van der Waals surface area contributed by atoms with Crippen molar-refractivity contribution in [1.82, 2.24) is 15.0 Å². The normalized spacial score (nSPS) is 10.8. The Morgan fingerprint density at radius 3 is 2.70 bits per heavy atom. The first-order valence-corrected chi connectivity index (χ1v) is 6.47. The van der Waals surface area contributed by atoms with E-state index in [9.17, 15) is 8.78 Å². The highest BCUT2D eigenvalue weighted by atomic mass is 35.5. The van der Waals surface area contributed by atoms with Crippen LogP contribution in [0.5, 0.6) is 0 Å². The second kappa shape index (κ2) is 6.76. The van der Waals surface area contributed by atoms with Crippen molar-refractivity contribution in [2.75, 3.05) is 11.9 Å². The number of hydrogen-bond acceptors (Lipinski definition) is 4. The molecule has 2 aromatic rings. The molecule has 0 radical (unpaired) electrons. The highest BCUT2D eigenvalue weighted by Gasteiger charge is 2.17. The molecule has 2 rings (SSSR count). The molecule has 0 saturated heterocycles. The fourth-order valence-electron chi connectivity index (χ4n) is 1.56. The fraction of sp³-hybridized carbons (Fsp3) is 0.250. The summed E-state index contributed by atoms with van der Waals surface area (Å²) in [7, 11) is 0. The molecule has 0 amide bonds. The van der Waals surface area contributed by atoms with E-state index >= 15 is 0 Å². The lowest BCUT2D eigenvalue weighted by Crippen LogP contribution is -2.09. The first-order valence-electron chi connectivity index (χ1n) is 5.71. The molecule has 0 fully saturated rings. The predicted octanol–water partition coefficient (Wildman–Crippen LogP) is 3.77. The molecule has 2 heterocycles. The zero-order valence-corrected chi connectivity index (χ0v) is 11.7. The van der Waals surface area contributed by atoms with E-state index in [0.29, 0.717) is 23.7 Å². The molecular weight excluding hydrogens is 309 g/mol. The summed E-state index contributed by atoms with van der Waals surface area (Å²) in [4.78, 5) is 11.4. The van der Waals surface area contributed by atoms with E-state index in [4.69, 9.17) is 23.2 Å². The van der Waals surface area contributed by atoms with Gasteiger partial charge in [-0.05, 0) is 12.1 Å². The minimum absolute atomic E-state index is 0.170. The van der Waals surface area contributed by atoms with Gasteiger partial charge < -0.3 is 5.32 Å². The van der Waals surface area contributed by atoms with E-state index < -0.39 is 12.1 Å². The number of halogens is 4. The summed E-state index contributed by atoms with van der Waals surface area (Å²) in [5.41, 5.74) is 0.223. The van der Waals surface area contributed by atoms with Crippen LogP contribution in [0.25, 0.3) is 0 Å². The van der Waals surface area contributed by atoms with Crippen molar-refractivity contribution in [3.8, 4) is 0 Å². The van der Waals surface area contributed by atoms with Crippen molar-refractivity contribution in [1.29, 1.82) is 0 Å². The van der Waals surface area contributed by atoms with Gasteiger partial charge in [0, 0.05) is 19.2 Å². The van der Waals surface area contributed by atoms with Crippen molar-refractivity contribution in [3.63, 3.8) is 0 Å². The molecule has 20 heavy (non-hydrogen) atoms. The molecule has 0 aliphatic heterocycles. The lowest BCUT2D eigenvalue weighted by atomic mass is 10.2. The Balaban J connectivity index is 2.02. The summed E-state index contributed by atoms with van der Waals surface area (Å²) in [5.74, 6) is 0.170. The second-order valence-electron chi connectivity index (χ2n) is 3.83. The van der Waals surface area contributed by atoms with E-state index in [1.165, 1.54) is 0 Å². The fourth-order valence-corrected chi connectivity index (χ4v) is 2.02. The quantitative estimate of drug-likeness (QED) is 0.911. The maximum atomic E-state index is 12.6. The molecule has 0 aromatic carbocycles. The summed E-state index contributed by atoms with van der Waals surface area (Å²) >= 11 is 11.8. The largest absolute Gasteiger partial charge is 0.368 e. The Labute approximate surface area is 124 Å². The molecule has 0 saturated carbocycles. The third-order valence-corrected chi connectivity index (χ3v) is 3.23. The van der Waals surface area contributed by atoms with E-state index in [0.717, 1.165) is 6.33 Å². The smallest absolute Gasteiger partial charge is 0.282 e. The van der Waals surface area contributed by atoms with Gasteiger partial charge in [0.1, 0.15) is 22.9 Å². The number of aromatic nitrogens is 3. The zero-order valence-electron chi connectivity index (χ0n) is 10.2. The van der Waals surface area contributed by atoms with Crippen LogP contribution in [0.4, 0.5) is 14.6 Å². The SMILES string of the molecule is FC(F)c1ncnc(NCCc2ncccc2Cl)c1Cl. The minimum Gasteiger partial charge on any atom is -0.368 e. The number of anilines is 1. The van der Waals surface area contributed by atoms with Gasteiger partial charge in [-0.3, -0.25) is 4.98 Å². The second-order valence-corrected chi connectivity index (χ2v) is 4.62. The van der Waals surface area contributed by atoms with Crippen LogP contribution in [-0.4, -0.2) is 21.5 Å². The van der Waals surface area contributed by atoms with Gasteiger partial charge in [-0.1, -0.05) is 23.2 Å². The van der Waals surface area contributed by atoms with E-state index in [2.05, 4.69) is 20.3 Å². The Morgan fingerprint density at radius 1 is 1.20 bits per heavy atom. The zero-order chi connectivity index (χ0) is 14.5. The first kappa shape index (κ1) is 14.9. The Morgan fingerprint density at radius 2 is 2.00 bits per heavy atom. The van der Waals surface area contributed by atoms with Crippen molar-refractivity contribution in [2.45, 2.75) is 12.8 Å². The third-order valence-electron chi connectivity index (χ3n) is 2.51. The van der Waals surface area contributed by atoms with Crippen LogP contribution in [-0.2, 0) is 6.42 Å². The number of rotatable bonds is 5. The topological polar surface area (TPSA) is 50.7 Å². The van der Waals surface area contributed by atoms with Crippen LogP contribution in [0.2, 0.25) is 10.0 Å². The number of nitrogens with one attached hydrogen (secondary N) is 1. The molecule has 2 aromatic heterocycles. The summed E-state index contributed by atoms with van der Waals surface area (Å²) in [6.07, 6.45) is 0.456. The van der Waals surface area contributed by atoms with Gasteiger partial charge in [0.25, 0.3) is 6.43 Å². The number of alkyl halides is 2. The monoisotopic (exact) mass is 318 g/mol. The van der Waals surface area contributed by atoms with E-state index in [1.807, 2.05) is 0 Å². The molecular formula is C12H10Cl2F2N4. The average Bonchev–Trinajstić information content (AvgIpc) is 2.42. The molecule has 0 spiro atoms. The number of nitrogens with zero attached hydrogens (tertiary/aromatic N) is 3. The molecule has 1 N–H and O–H groups in total. The van der Waals surface area contributed by atoms with Gasteiger partial charge in [-0.15, -0.1) is 0 Å². The predicted molar refractivity (Wildman–Crippen MR) is 73.4 cm³/mol. The highest BCUT2D eigenvalue weighted by Crippen LogP contribution is 2.29. The molecule has 0 atom stereocenters. The maximum Gasteiger partial charge on any atom is 0.282 e. The highest BCUT2D eigenvalue weighted by molar-refractivity contribution is 6.33. The van der Waals surface area contributed by atoms with E-state index in [1.54, 1.807) is 18.3 Å². The van der Waals surface area contributed by atoms with Crippen molar-refractivity contribution < 1.29 is 8.78 Å². The molecule has 106 valence electrons. The van der Waals surface area contributed by atoms with Gasteiger partial charge in [-0.2, -0.15) is 0 Å². The lowest BCUT2D eigenvalue weighted by molar-refractivity contribution is 0.146. The Kier molecular flexibility index (Phi) is 5.03. The van der Waals surface area contributed by atoms with Crippen LogP contribution >= 0.6 is 23.2 Å². The van der Waals surface area contributed by atoms with Crippen LogP contribution in [0, 0.1) is 0 Å². The average molecular weight is 319 g/mol. The van der Waals surface area contributed by atoms with Crippen LogP contribution in [0.3, 0.4) is 0 Å². The molecule has 0 aliphatic rings. The molecule has 4 nitrogen and oxygen atoms in total. The first-order chi connectivity index (χ1) is 9.59. The summed E-state index contributed by atoms with van der Waals surface area (Å²) in [6.45, 7) is 0.413. The molecule has 8 heteroatoms. The molecule has 0 unspecified atom stereocenters.